The van der Waals surface area contributed by atoms with Crippen molar-refractivity contribution in [3.05, 3.63) is 109 Å². The number of ether oxygens (including phenoxy) is 4. The molecule has 0 amide bonds. The fraction of sp³-hybridized carbons (Fsp3) is 0.627. The van der Waals surface area contributed by atoms with Crippen molar-refractivity contribution in [1.82, 2.24) is 0 Å². The molecule has 340 valence electrons. The van der Waals surface area contributed by atoms with Gasteiger partial charge < -0.3 is 39.4 Å². The Morgan fingerprint density at radius 1 is 0.533 bits per heavy atom. The zero-order valence-corrected chi connectivity index (χ0v) is 37.2. The topological polar surface area (TPSA) is 135 Å². The predicted octanol–water partition coefficient (Wildman–Crippen LogP) is 10.6. The third-order valence-corrected chi connectivity index (χ3v) is 9.68. The summed E-state index contributed by atoms with van der Waals surface area (Å²) in [4.78, 5) is 12.8. The van der Waals surface area contributed by atoms with E-state index in [0.29, 0.717) is 13.0 Å². The fourth-order valence-electron chi connectivity index (χ4n) is 6.15. The lowest BCUT2D eigenvalue weighted by molar-refractivity contribution is -0.305. The van der Waals surface area contributed by atoms with Crippen LogP contribution < -0.4 is 0 Å². The molecule has 9 heteroatoms. The summed E-state index contributed by atoms with van der Waals surface area (Å²) < 4.78 is 22.8. The lowest BCUT2D eigenvalue weighted by Crippen LogP contribution is -2.59. The van der Waals surface area contributed by atoms with Gasteiger partial charge in [0, 0.05) is 13.0 Å². The van der Waals surface area contributed by atoms with Crippen LogP contribution in [0.1, 0.15) is 142 Å². The molecule has 0 aromatic carbocycles. The van der Waals surface area contributed by atoms with E-state index in [-0.39, 0.29) is 25.6 Å². The van der Waals surface area contributed by atoms with Gasteiger partial charge in [0.25, 0.3) is 0 Å². The molecule has 0 aromatic rings. The standard InChI is InChI=1S/C51H82O9/c1-3-5-7-9-11-13-15-17-19-20-21-22-23-24-25-26-27-28-30-32-34-36-38-40-47(53)59-45(44-58-51-50(56)49(55)48(54)46(42-52)60-51)43-57-41-39-37-35-33-31-29-18-16-14-12-10-8-6-4-2/h5-8,11-14,17-19,21-22,24-25,27-29,45-46,48-52,54-56H,3-4,9-10,15-16,20,23,26,30-44H2,1-2H3/b7-5-,8-6-,13-11-,14-12-,19-17-,22-21-,25-24-,28-27-,29-18-. The first-order valence-corrected chi connectivity index (χ1v) is 23.0. The first kappa shape index (κ1) is 54.9. The van der Waals surface area contributed by atoms with E-state index >= 15 is 0 Å². The number of aliphatic hydroxyl groups excluding tert-OH is 4. The predicted molar refractivity (Wildman–Crippen MR) is 246 cm³/mol. The Morgan fingerprint density at radius 2 is 0.967 bits per heavy atom. The number of allylic oxidation sites excluding steroid dienone is 18. The Labute approximate surface area is 364 Å². The van der Waals surface area contributed by atoms with Crippen LogP contribution in [0.15, 0.2) is 109 Å². The molecule has 1 aliphatic heterocycles. The molecule has 0 radical (unpaired) electrons. The maximum Gasteiger partial charge on any atom is 0.306 e. The Kier molecular flexibility index (Phi) is 37.7. The molecule has 1 fully saturated rings. The van der Waals surface area contributed by atoms with Crippen LogP contribution in [0.3, 0.4) is 0 Å². The molecule has 1 aliphatic rings. The van der Waals surface area contributed by atoms with E-state index in [4.69, 9.17) is 18.9 Å². The number of hydrogen-bond acceptors (Lipinski definition) is 9. The van der Waals surface area contributed by atoms with Crippen molar-refractivity contribution in [2.24, 2.45) is 0 Å². The molecule has 1 rings (SSSR count). The summed E-state index contributed by atoms with van der Waals surface area (Å²) in [6.07, 6.45) is 51.1. The van der Waals surface area contributed by atoms with Crippen LogP contribution >= 0.6 is 0 Å². The molecule has 1 heterocycles. The van der Waals surface area contributed by atoms with E-state index in [2.05, 4.69) is 123 Å². The third-order valence-electron chi connectivity index (χ3n) is 9.68. The molecule has 0 spiro atoms. The number of carbonyl (C=O) groups is 1. The largest absolute Gasteiger partial charge is 0.457 e. The van der Waals surface area contributed by atoms with Crippen molar-refractivity contribution in [3.63, 3.8) is 0 Å². The maximum atomic E-state index is 12.8. The van der Waals surface area contributed by atoms with E-state index in [1.807, 2.05) is 0 Å². The highest BCUT2D eigenvalue weighted by atomic mass is 16.7. The minimum atomic E-state index is -1.55. The van der Waals surface area contributed by atoms with Gasteiger partial charge in [-0.05, 0) is 96.3 Å². The molecule has 6 atom stereocenters. The van der Waals surface area contributed by atoms with Gasteiger partial charge in [0.15, 0.2) is 6.29 Å². The Hall–Kier alpha value is -3.15. The maximum absolute atomic E-state index is 12.8. The fourth-order valence-corrected chi connectivity index (χ4v) is 6.15. The highest BCUT2D eigenvalue weighted by Gasteiger charge is 2.44. The van der Waals surface area contributed by atoms with E-state index in [9.17, 15) is 25.2 Å². The van der Waals surface area contributed by atoms with E-state index in [1.165, 1.54) is 0 Å². The van der Waals surface area contributed by atoms with Gasteiger partial charge in [0.05, 0.1) is 19.8 Å². The molecule has 0 aromatic heterocycles. The highest BCUT2D eigenvalue weighted by Crippen LogP contribution is 2.22. The Bertz CT molecular complexity index is 1270. The number of aliphatic hydroxyl groups is 4. The second-order valence-corrected chi connectivity index (χ2v) is 15.1. The van der Waals surface area contributed by atoms with Crippen LogP contribution in [0.25, 0.3) is 0 Å². The first-order chi connectivity index (χ1) is 29.4. The molecular formula is C51H82O9. The van der Waals surface area contributed by atoms with Gasteiger partial charge in [-0.1, -0.05) is 149 Å². The summed E-state index contributed by atoms with van der Waals surface area (Å²) in [6, 6.07) is 0. The monoisotopic (exact) mass is 839 g/mol. The average molecular weight is 839 g/mol. The number of hydrogen-bond donors (Lipinski definition) is 4. The van der Waals surface area contributed by atoms with Crippen LogP contribution in [0.5, 0.6) is 0 Å². The van der Waals surface area contributed by atoms with Crippen LogP contribution in [0.4, 0.5) is 0 Å². The average Bonchev–Trinajstić information content (AvgIpc) is 3.25. The zero-order chi connectivity index (χ0) is 43.6. The van der Waals surface area contributed by atoms with Crippen molar-refractivity contribution >= 4 is 5.97 Å². The van der Waals surface area contributed by atoms with Crippen molar-refractivity contribution in [1.29, 1.82) is 0 Å². The quantitative estimate of drug-likeness (QED) is 0.0274. The molecule has 1 saturated heterocycles. The van der Waals surface area contributed by atoms with E-state index in [1.54, 1.807) is 0 Å². The Morgan fingerprint density at radius 3 is 1.43 bits per heavy atom. The van der Waals surface area contributed by atoms with E-state index < -0.39 is 43.4 Å². The van der Waals surface area contributed by atoms with Gasteiger partial charge >= 0.3 is 5.97 Å². The van der Waals surface area contributed by atoms with Gasteiger partial charge in [-0.25, -0.2) is 0 Å². The van der Waals surface area contributed by atoms with Gasteiger partial charge in [-0.2, -0.15) is 0 Å². The summed E-state index contributed by atoms with van der Waals surface area (Å²) in [7, 11) is 0. The molecule has 60 heavy (non-hydrogen) atoms. The summed E-state index contributed by atoms with van der Waals surface area (Å²) in [5.74, 6) is -0.352. The Balaban J connectivity index is 2.30. The lowest BCUT2D eigenvalue weighted by Gasteiger charge is -2.39. The molecule has 0 bridgehead atoms. The first-order valence-electron chi connectivity index (χ1n) is 23.0. The van der Waals surface area contributed by atoms with Crippen molar-refractivity contribution in [3.8, 4) is 0 Å². The molecule has 6 unspecified atom stereocenters. The third kappa shape index (κ3) is 31.7. The minimum Gasteiger partial charge on any atom is -0.457 e. The van der Waals surface area contributed by atoms with E-state index in [0.717, 1.165) is 116 Å². The van der Waals surface area contributed by atoms with Crippen LogP contribution in [0.2, 0.25) is 0 Å². The van der Waals surface area contributed by atoms with Gasteiger partial charge in [0.2, 0.25) is 0 Å². The van der Waals surface area contributed by atoms with Gasteiger partial charge in [0.1, 0.15) is 30.5 Å². The summed E-state index contributed by atoms with van der Waals surface area (Å²) in [6.45, 7) is 4.21. The SMILES string of the molecule is CC/C=C\C/C=C\C/C=C\C/C=C\C/C=C\C/C=C\CCCCCCC(=O)OC(COCCCCCC/C=C\C/C=C\C/C=C\CC)COC1OC(CO)C(O)C(O)C1O. The lowest BCUT2D eigenvalue weighted by atomic mass is 9.99. The van der Waals surface area contributed by atoms with Gasteiger partial charge in [-0.3, -0.25) is 4.79 Å². The highest BCUT2D eigenvalue weighted by molar-refractivity contribution is 5.69. The zero-order valence-electron chi connectivity index (χ0n) is 37.2. The van der Waals surface area contributed by atoms with Crippen molar-refractivity contribution in [2.75, 3.05) is 26.4 Å². The molecule has 9 nitrogen and oxygen atoms in total. The number of rotatable bonds is 37. The number of unbranched alkanes of at least 4 members (excludes halogenated alkanes) is 8. The molecule has 4 N–H and O–H groups in total. The second kappa shape index (κ2) is 41.2. The number of carbonyl (C=O) groups excluding carboxylic acids is 1. The minimum absolute atomic E-state index is 0.111. The van der Waals surface area contributed by atoms with Crippen molar-refractivity contribution in [2.45, 2.75) is 179 Å². The summed E-state index contributed by atoms with van der Waals surface area (Å²) >= 11 is 0. The molecule has 0 aliphatic carbocycles. The van der Waals surface area contributed by atoms with Crippen LogP contribution in [-0.4, -0.2) is 89.6 Å². The van der Waals surface area contributed by atoms with Crippen LogP contribution in [-0.2, 0) is 23.7 Å². The number of esters is 1. The van der Waals surface area contributed by atoms with Gasteiger partial charge in [-0.15, -0.1) is 0 Å². The normalized spacial score (nSPS) is 21.1. The smallest absolute Gasteiger partial charge is 0.306 e. The second-order valence-electron chi connectivity index (χ2n) is 15.1. The molecular weight excluding hydrogens is 757 g/mol. The van der Waals surface area contributed by atoms with Crippen molar-refractivity contribution < 1.29 is 44.2 Å². The van der Waals surface area contributed by atoms with Crippen LogP contribution in [0, 0.1) is 0 Å². The molecule has 0 saturated carbocycles. The summed E-state index contributed by atoms with van der Waals surface area (Å²) in [5, 5.41) is 40.1. The summed E-state index contributed by atoms with van der Waals surface area (Å²) in [5.41, 5.74) is 0.